The van der Waals surface area contributed by atoms with Crippen LogP contribution in [0.2, 0.25) is 0 Å². The van der Waals surface area contributed by atoms with Crippen LogP contribution in [0.25, 0.3) is 50.0 Å². The zero-order valence-electron chi connectivity index (χ0n) is 31.5. The van der Waals surface area contributed by atoms with E-state index < -0.39 is 5.41 Å². The molecule has 0 fully saturated rings. The van der Waals surface area contributed by atoms with Crippen molar-refractivity contribution in [1.82, 2.24) is 9.55 Å². The van der Waals surface area contributed by atoms with Gasteiger partial charge in [-0.3, -0.25) is 0 Å². The van der Waals surface area contributed by atoms with Crippen LogP contribution in [-0.2, 0) is 5.41 Å². The number of anilines is 3. The lowest BCUT2D eigenvalue weighted by Crippen LogP contribution is -2.39. The Hall–Kier alpha value is -7.69. The molecule has 0 atom stereocenters. The van der Waals surface area contributed by atoms with E-state index in [2.05, 4.69) is 222 Å². The van der Waals surface area contributed by atoms with Crippen molar-refractivity contribution in [1.29, 1.82) is 0 Å². The van der Waals surface area contributed by atoms with E-state index in [1.165, 1.54) is 11.1 Å². The number of aromatic nitrogens is 2. The summed E-state index contributed by atoms with van der Waals surface area (Å²) < 4.78 is 9.74. The highest BCUT2D eigenvalue weighted by molar-refractivity contribution is 6.12. The van der Waals surface area contributed by atoms with Gasteiger partial charge in [-0.15, -0.1) is 0 Å². The van der Waals surface area contributed by atoms with Crippen LogP contribution in [0.5, 0.6) is 11.5 Å². The second-order valence-electron chi connectivity index (χ2n) is 15.1. The molecule has 0 saturated carbocycles. The molecule has 10 aromatic rings. The second kappa shape index (κ2) is 12.7. The minimum Gasteiger partial charge on any atom is -0.454 e. The van der Waals surface area contributed by atoms with Crippen LogP contribution >= 0.6 is 0 Å². The summed E-state index contributed by atoms with van der Waals surface area (Å²) in [5, 5.41) is 2.29. The quantitative estimate of drug-likeness (QED) is 0.180. The van der Waals surface area contributed by atoms with E-state index in [0.717, 1.165) is 89.7 Å². The van der Waals surface area contributed by atoms with Crippen molar-refractivity contribution in [3.8, 4) is 39.7 Å². The molecule has 8 aromatic carbocycles. The summed E-state index contributed by atoms with van der Waals surface area (Å²) in [6.07, 6.45) is 0. The van der Waals surface area contributed by atoms with Gasteiger partial charge in [-0.25, -0.2) is 4.98 Å². The summed E-state index contributed by atoms with van der Waals surface area (Å²) in [5.41, 5.74) is 14.4. The Morgan fingerprint density at radius 3 is 1.60 bits per heavy atom. The van der Waals surface area contributed by atoms with Crippen LogP contribution in [0.15, 0.2) is 212 Å². The Balaban J connectivity index is 1.22. The average molecular weight is 742 g/mol. The van der Waals surface area contributed by atoms with Crippen molar-refractivity contribution in [3.63, 3.8) is 0 Å². The summed E-state index contributed by atoms with van der Waals surface area (Å²) >= 11 is 0. The number of rotatable bonds is 4. The molecular formula is C54H35N3O. The lowest BCUT2D eigenvalue weighted by atomic mass is 9.61. The number of para-hydroxylation sites is 5. The lowest BCUT2D eigenvalue weighted by molar-refractivity contribution is 0.438. The monoisotopic (exact) mass is 741 g/mol. The van der Waals surface area contributed by atoms with Crippen LogP contribution in [0.3, 0.4) is 0 Å². The maximum Gasteiger partial charge on any atom is 0.156 e. The molecule has 272 valence electrons. The molecule has 0 N–H and O–H groups in total. The van der Waals surface area contributed by atoms with E-state index in [4.69, 9.17) is 9.72 Å². The number of hydrogen-bond acceptors (Lipinski definition) is 3. The van der Waals surface area contributed by atoms with Gasteiger partial charge in [0.05, 0.1) is 44.9 Å². The first-order chi connectivity index (χ1) is 28.8. The summed E-state index contributed by atoms with van der Waals surface area (Å²) in [4.78, 5) is 7.68. The predicted octanol–water partition coefficient (Wildman–Crippen LogP) is 13.8. The van der Waals surface area contributed by atoms with E-state index >= 15 is 0 Å². The number of nitrogens with zero attached hydrogens (tertiary/aromatic N) is 3. The topological polar surface area (TPSA) is 30.3 Å². The zero-order valence-corrected chi connectivity index (χ0v) is 31.5. The van der Waals surface area contributed by atoms with Crippen LogP contribution in [0, 0.1) is 0 Å². The molecule has 0 aliphatic carbocycles. The predicted molar refractivity (Wildman–Crippen MR) is 236 cm³/mol. The summed E-state index contributed by atoms with van der Waals surface area (Å²) in [6, 6.07) is 75.9. The van der Waals surface area contributed by atoms with Gasteiger partial charge in [0, 0.05) is 38.7 Å². The zero-order chi connectivity index (χ0) is 38.2. The first kappa shape index (κ1) is 32.5. The van der Waals surface area contributed by atoms with E-state index in [-0.39, 0.29) is 0 Å². The SMILES string of the molecule is c1ccc(-c2cc(-n3c4ccccc4c4ccc5c(c43)Oc3ccccc3C53c4ccccc4N(c4ccccc4)c4ccccc43)cc(-c3ccccc3)n2)cc1. The Morgan fingerprint density at radius 1 is 0.414 bits per heavy atom. The number of ether oxygens (including phenoxy) is 1. The molecule has 2 aromatic heterocycles. The van der Waals surface area contributed by atoms with Gasteiger partial charge >= 0.3 is 0 Å². The molecule has 2 aliphatic heterocycles. The van der Waals surface area contributed by atoms with E-state index in [9.17, 15) is 0 Å². The number of fused-ring (bicyclic) bond motifs is 12. The maximum atomic E-state index is 7.33. The van der Waals surface area contributed by atoms with Crippen molar-refractivity contribution in [3.05, 3.63) is 235 Å². The van der Waals surface area contributed by atoms with Crippen LogP contribution in [0.4, 0.5) is 17.1 Å². The van der Waals surface area contributed by atoms with Crippen molar-refractivity contribution >= 4 is 38.9 Å². The van der Waals surface area contributed by atoms with Gasteiger partial charge in [0.25, 0.3) is 0 Å². The largest absolute Gasteiger partial charge is 0.454 e. The van der Waals surface area contributed by atoms with Crippen LogP contribution < -0.4 is 9.64 Å². The number of benzene rings is 8. The average Bonchev–Trinajstić information content (AvgIpc) is 3.65. The third-order valence-corrected chi connectivity index (χ3v) is 12.0. The molecule has 12 rings (SSSR count). The molecule has 4 nitrogen and oxygen atoms in total. The van der Waals surface area contributed by atoms with Crippen molar-refractivity contribution in [2.24, 2.45) is 0 Å². The first-order valence-corrected chi connectivity index (χ1v) is 19.8. The van der Waals surface area contributed by atoms with Gasteiger partial charge in [0.15, 0.2) is 5.75 Å². The molecule has 1 spiro atoms. The summed E-state index contributed by atoms with van der Waals surface area (Å²) in [7, 11) is 0. The molecule has 4 heterocycles. The normalized spacial score (nSPS) is 13.4. The highest BCUT2D eigenvalue weighted by Gasteiger charge is 2.51. The molecule has 58 heavy (non-hydrogen) atoms. The Kier molecular flexibility index (Phi) is 7.11. The molecule has 0 bridgehead atoms. The second-order valence-corrected chi connectivity index (χ2v) is 15.1. The Labute approximate surface area is 336 Å². The third-order valence-electron chi connectivity index (χ3n) is 12.0. The minimum absolute atomic E-state index is 0.694. The Bertz CT molecular complexity index is 3100. The molecule has 2 aliphatic rings. The van der Waals surface area contributed by atoms with Gasteiger partial charge in [-0.2, -0.15) is 0 Å². The Morgan fingerprint density at radius 2 is 0.948 bits per heavy atom. The van der Waals surface area contributed by atoms with E-state index in [1.807, 2.05) is 0 Å². The van der Waals surface area contributed by atoms with Crippen LogP contribution in [-0.4, -0.2) is 9.55 Å². The highest BCUT2D eigenvalue weighted by atomic mass is 16.5. The fraction of sp³-hybridized carbons (Fsp3) is 0.0185. The fourth-order valence-corrected chi connectivity index (χ4v) is 9.66. The molecule has 0 saturated heterocycles. The molecule has 4 heteroatoms. The van der Waals surface area contributed by atoms with Gasteiger partial charge in [0.1, 0.15) is 5.75 Å². The van der Waals surface area contributed by atoms with Gasteiger partial charge in [-0.05, 0) is 59.7 Å². The van der Waals surface area contributed by atoms with Crippen molar-refractivity contribution in [2.45, 2.75) is 5.41 Å². The van der Waals surface area contributed by atoms with E-state index in [0.29, 0.717) is 0 Å². The van der Waals surface area contributed by atoms with Crippen molar-refractivity contribution < 1.29 is 4.74 Å². The first-order valence-electron chi connectivity index (χ1n) is 19.8. The lowest BCUT2D eigenvalue weighted by Gasteiger charge is -2.48. The maximum absolute atomic E-state index is 7.33. The molecule has 0 amide bonds. The fourth-order valence-electron chi connectivity index (χ4n) is 9.66. The van der Waals surface area contributed by atoms with Crippen molar-refractivity contribution in [2.75, 3.05) is 4.90 Å². The molecule has 0 radical (unpaired) electrons. The van der Waals surface area contributed by atoms with E-state index in [1.54, 1.807) is 0 Å². The number of pyridine rings is 1. The van der Waals surface area contributed by atoms with Gasteiger partial charge in [-0.1, -0.05) is 164 Å². The third kappa shape index (κ3) is 4.60. The van der Waals surface area contributed by atoms with Crippen LogP contribution in [0.1, 0.15) is 22.3 Å². The minimum atomic E-state index is -0.694. The van der Waals surface area contributed by atoms with Gasteiger partial charge < -0.3 is 14.2 Å². The van der Waals surface area contributed by atoms with Gasteiger partial charge in [0.2, 0.25) is 0 Å². The smallest absolute Gasteiger partial charge is 0.156 e. The molecular weight excluding hydrogens is 707 g/mol. The number of hydrogen-bond donors (Lipinski definition) is 0. The highest BCUT2D eigenvalue weighted by Crippen LogP contribution is 2.64. The molecule has 0 unspecified atom stereocenters. The summed E-state index contributed by atoms with van der Waals surface area (Å²) in [6.45, 7) is 0. The summed E-state index contributed by atoms with van der Waals surface area (Å²) in [5.74, 6) is 1.70. The standard InChI is InChI=1S/C54H35N3O/c1-4-18-36(19-5-1)46-34-39(35-47(55-46)37-20-6-2-7-21-37)57-48-28-14-10-24-40(48)41-32-33-45-53(52(41)57)58-51-31-17-13-27-44(51)54(45)42-25-11-15-29-49(42)56(38-22-8-3-9-23-38)50-30-16-12-26-43(50)54/h1-35H.